The van der Waals surface area contributed by atoms with Gasteiger partial charge in [-0.2, -0.15) is 4.98 Å². The van der Waals surface area contributed by atoms with Crippen LogP contribution in [-0.4, -0.2) is 29.7 Å². The van der Waals surface area contributed by atoms with E-state index in [1.807, 2.05) is 49.4 Å². The maximum absolute atomic E-state index is 12.6. The zero-order valence-electron chi connectivity index (χ0n) is 15.0. The summed E-state index contributed by atoms with van der Waals surface area (Å²) >= 11 is 6.11. The molecule has 0 radical (unpaired) electrons. The molecule has 2 aromatic carbocycles. The van der Waals surface area contributed by atoms with Crippen LogP contribution < -0.4 is 9.64 Å². The van der Waals surface area contributed by atoms with Crippen LogP contribution in [0.4, 0.5) is 5.69 Å². The molecular weight excluding hydrogens is 366 g/mol. The molecule has 7 heteroatoms. The number of aryl methyl sites for hydroxylation is 1. The van der Waals surface area contributed by atoms with E-state index in [-0.39, 0.29) is 11.8 Å². The van der Waals surface area contributed by atoms with Gasteiger partial charge in [0.25, 0.3) is 5.89 Å². The number of nitrogens with zero attached hydrogens (tertiary/aromatic N) is 3. The Morgan fingerprint density at radius 1 is 1.26 bits per heavy atom. The smallest absolute Gasteiger partial charge is 0.261 e. The second-order valence-electron chi connectivity index (χ2n) is 6.49. The van der Waals surface area contributed by atoms with Gasteiger partial charge in [0.1, 0.15) is 5.75 Å². The summed E-state index contributed by atoms with van der Waals surface area (Å²) in [6.07, 6.45) is 0.330. The van der Waals surface area contributed by atoms with E-state index in [0.29, 0.717) is 35.5 Å². The van der Waals surface area contributed by atoms with Crippen molar-refractivity contribution in [2.45, 2.75) is 19.3 Å². The van der Waals surface area contributed by atoms with E-state index in [1.165, 1.54) is 0 Å². The van der Waals surface area contributed by atoms with Crippen LogP contribution in [0.3, 0.4) is 0 Å². The summed E-state index contributed by atoms with van der Waals surface area (Å²) in [5, 5.41) is 4.71. The number of amides is 1. The minimum atomic E-state index is -0.136. The van der Waals surface area contributed by atoms with Crippen LogP contribution in [0.2, 0.25) is 5.02 Å². The lowest BCUT2D eigenvalue weighted by molar-refractivity contribution is -0.117. The van der Waals surface area contributed by atoms with Gasteiger partial charge in [-0.15, -0.1) is 0 Å². The van der Waals surface area contributed by atoms with Crippen LogP contribution in [0, 0.1) is 6.92 Å². The van der Waals surface area contributed by atoms with Crippen molar-refractivity contribution in [1.29, 1.82) is 0 Å². The van der Waals surface area contributed by atoms with Gasteiger partial charge in [0, 0.05) is 29.6 Å². The molecule has 1 unspecified atom stereocenters. The van der Waals surface area contributed by atoms with Crippen molar-refractivity contribution < 1.29 is 14.1 Å². The van der Waals surface area contributed by atoms with E-state index in [1.54, 1.807) is 12.0 Å². The molecule has 1 aromatic heterocycles. The van der Waals surface area contributed by atoms with Crippen molar-refractivity contribution in [3.05, 3.63) is 58.9 Å². The summed E-state index contributed by atoms with van der Waals surface area (Å²) in [4.78, 5) is 18.8. The first-order chi connectivity index (χ1) is 13.1. The lowest BCUT2D eigenvalue weighted by atomic mass is 10.1. The van der Waals surface area contributed by atoms with Crippen molar-refractivity contribution in [1.82, 2.24) is 10.1 Å². The van der Waals surface area contributed by atoms with Gasteiger partial charge in [-0.25, -0.2) is 0 Å². The Balaban J connectivity index is 1.60. The van der Waals surface area contributed by atoms with Gasteiger partial charge in [-0.1, -0.05) is 35.0 Å². The standard InChI is InChI=1S/C20H18ClN3O3/c1-12-7-8-14(21)10-16(12)24-11-13(9-18(24)25)19-22-20(27-23-19)15-5-3-4-6-17(15)26-2/h3-8,10,13H,9,11H2,1-2H3. The molecule has 4 rings (SSSR count). The summed E-state index contributed by atoms with van der Waals surface area (Å²) < 4.78 is 10.8. The van der Waals surface area contributed by atoms with E-state index >= 15 is 0 Å². The minimum absolute atomic E-state index is 0.0222. The lowest BCUT2D eigenvalue weighted by Crippen LogP contribution is -2.25. The molecule has 0 saturated carbocycles. The lowest BCUT2D eigenvalue weighted by Gasteiger charge is -2.19. The molecule has 6 nitrogen and oxygen atoms in total. The summed E-state index contributed by atoms with van der Waals surface area (Å²) in [6.45, 7) is 2.45. The highest BCUT2D eigenvalue weighted by atomic mass is 35.5. The molecule has 1 fully saturated rings. The third kappa shape index (κ3) is 3.28. The summed E-state index contributed by atoms with van der Waals surface area (Å²) in [5.41, 5.74) is 2.55. The second-order valence-corrected chi connectivity index (χ2v) is 6.93. The number of ether oxygens (including phenoxy) is 1. The van der Waals surface area contributed by atoms with Crippen molar-refractivity contribution >= 4 is 23.2 Å². The number of rotatable bonds is 4. The highest BCUT2D eigenvalue weighted by Crippen LogP contribution is 2.35. The van der Waals surface area contributed by atoms with Gasteiger partial charge in [0.05, 0.1) is 12.7 Å². The molecule has 27 heavy (non-hydrogen) atoms. The maximum atomic E-state index is 12.6. The molecule has 2 heterocycles. The van der Waals surface area contributed by atoms with Gasteiger partial charge >= 0.3 is 0 Å². The molecule has 1 saturated heterocycles. The van der Waals surface area contributed by atoms with Gasteiger partial charge in [-0.05, 0) is 36.8 Å². The molecule has 3 aromatic rings. The number of hydrogen-bond acceptors (Lipinski definition) is 5. The maximum Gasteiger partial charge on any atom is 0.261 e. The average Bonchev–Trinajstić information content (AvgIpc) is 3.30. The number of carbonyl (C=O) groups excluding carboxylic acids is 1. The van der Waals surface area contributed by atoms with Crippen molar-refractivity contribution in [3.8, 4) is 17.2 Å². The van der Waals surface area contributed by atoms with Crippen LogP contribution in [0.25, 0.3) is 11.5 Å². The number of aromatic nitrogens is 2. The first-order valence-corrected chi connectivity index (χ1v) is 8.98. The summed E-state index contributed by atoms with van der Waals surface area (Å²) in [7, 11) is 1.59. The Kier molecular flexibility index (Phi) is 4.58. The van der Waals surface area contributed by atoms with Crippen LogP contribution in [0.15, 0.2) is 47.0 Å². The van der Waals surface area contributed by atoms with E-state index in [0.717, 1.165) is 16.8 Å². The third-order valence-corrected chi connectivity index (χ3v) is 4.97. The highest BCUT2D eigenvalue weighted by Gasteiger charge is 2.35. The fourth-order valence-corrected chi connectivity index (χ4v) is 3.48. The monoisotopic (exact) mass is 383 g/mol. The van der Waals surface area contributed by atoms with Gasteiger partial charge in [-0.3, -0.25) is 4.79 Å². The molecular formula is C20H18ClN3O3. The Morgan fingerprint density at radius 3 is 2.89 bits per heavy atom. The predicted octanol–water partition coefficient (Wildman–Crippen LogP) is 4.23. The quantitative estimate of drug-likeness (QED) is 0.674. The Labute approximate surface area is 161 Å². The molecule has 1 atom stereocenters. The van der Waals surface area contributed by atoms with Crippen LogP contribution >= 0.6 is 11.6 Å². The number of methoxy groups -OCH3 is 1. The minimum Gasteiger partial charge on any atom is -0.496 e. The van der Waals surface area contributed by atoms with E-state index in [2.05, 4.69) is 10.1 Å². The molecule has 138 valence electrons. The highest BCUT2D eigenvalue weighted by molar-refractivity contribution is 6.31. The Morgan fingerprint density at radius 2 is 2.07 bits per heavy atom. The summed E-state index contributed by atoms with van der Waals surface area (Å²) in [6, 6.07) is 13.0. The number of carbonyl (C=O) groups is 1. The van der Waals surface area contributed by atoms with Crippen LogP contribution in [0.1, 0.15) is 23.7 Å². The zero-order valence-corrected chi connectivity index (χ0v) is 15.7. The van der Waals surface area contributed by atoms with Gasteiger partial charge < -0.3 is 14.2 Å². The predicted molar refractivity (Wildman–Crippen MR) is 102 cm³/mol. The van der Waals surface area contributed by atoms with Crippen LogP contribution in [-0.2, 0) is 4.79 Å². The zero-order chi connectivity index (χ0) is 19.0. The molecule has 0 aliphatic carbocycles. The van der Waals surface area contributed by atoms with Gasteiger partial charge in [0.15, 0.2) is 5.82 Å². The molecule has 0 bridgehead atoms. The van der Waals surface area contributed by atoms with Crippen molar-refractivity contribution in [2.75, 3.05) is 18.6 Å². The van der Waals surface area contributed by atoms with Crippen molar-refractivity contribution in [2.24, 2.45) is 0 Å². The molecule has 0 spiro atoms. The molecule has 1 aliphatic heterocycles. The largest absolute Gasteiger partial charge is 0.496 e. The summed E-state index contributed by atoms with van der Waals surface area (Å²) in [5.74, 6) is 1.45. The average molecular weight is 384 g/mol. The molecule has 1 amide bonds. The first-order valence-electron chi connectivity index (χ1n) is 8.60. The number of para-hydroxylation sites is 1. The number of halogens is 1. The van der Waals surface area contributed by atoms with Crippen LogP contribution in [0.5, 0.6) is 5.75 Å². The van der Waals surface area contributed by atoms with Gasteiger partial charge in [0.2, 0.25) is 5.91 Å². The number of hydrogen-bond donors (Lipinski definition) is 0. The normalized spacial score (nSPS) is 16.8. The second kappa shape index (κ2) is 7.04. The fraction of sp³-hybridized carbons (Fsp3) is 0.250. The number of benzene rings is 2. The Hall–Kier alpha value is -2.86. The third-order valence-electron chi connectivity index (χ3n) is 4.73. The molecule has 1 aliphatic rings. The fourth-order valence-electron chi connectivity index (χ4n) is 3.32. The first kappa shape index (κ1) is 17.5. The van der Waals surface area contributed by atoms with E-state index in [9.17, 15) is 4.79 Å². The van der Waals surface area contributed by atoms with E-state index < -0.39 is 0 Å². The SMILES string of the molecule is COc1ccccc1-c1nc(C2CC(=O)N(c3cc(Cl)ccc3C)C2)no1. The van der Waals surface area contributed by atoms with Crippen molar-refractivity contribution in [3.63, 3.8) is 0 Å². The topological polar surface area (TPSA) is 68.5 Å². The molecule has 0 N–H and O–H groups in total. The Bertz CT molecular complexity index is 1000. The number of anilines is 1. The van der Waals surface area contributed by atoms with E-state index in [4.69, 9.17) is 20.9 Å².